The largest absolute Gasteiger partial charge is 0.370 e. The van der Waals surface area contributed by atoms with Crippen LogP contribution < -0.4 is 0 Å². The van der Waals surface area contributed by atoms with Crippen molar-refractivity contribution >= 4 is 12.2 Å². The summed E-state index contributed by atoms with van der Waals surface area (Å²) in [4.78, 5) is 24.3. The minimum Gasteiger partial charge on any atom is -0.370 e. The van der Waals surface area contributed by atoms with Crippen molar-refractivity contribution in [2.45, 2.75) is 12.5 Å². The van der Waals surface area contributed by atoms with Crippen LogP contribution in [0.15, 0.2) is 30.3 Å². The third kappa shape index (κ3) is 2.91. The van der Waals surface area contributed by atoms with Gasteiger partial charge in [-0.25, -0.2) is 0 Å². The van der Waals surface area contributed by atoms with E-state index in [-0.39, 0.29) is 18.6 Å². The number of amides is 1. The number of morpholine rings is 1. The van der Waals surface area contributed by atoms with Gasteiger partial charge >= 0.3 is 0 Å². The lowest BCUT2D eigenvalue weighted by molar-refractivity contribution is -0.147. The summed E-state index contributed by atoms with van der Waals surface area (Å²) in [5.41, 5.74) is 1.06. The lowest BCUT2D eigenvalue weighted by Crippen LogP contribution is -2.49. The molecule has 90 valence electrons. The van der Waals surface area contributed by atoms with E-state index in [1.807, 2.05) is 30.3 Å². The van der Waals surface area contributed by atoms with Gasteiger partial charge in [0, 0.05) is 6.54 Å². The quantitative estimate of drug-likeness (QED) is 0.717. The van der Waals surface area contributed by atoms with Crippen molar-refractivity contribution in [2.75, 3.05) is 19.8 Å². The van der Waals surface area contributed by atoms with Crippen molar-refractivity contribution in [1.29, 1.82) is 0 Å². The van der Waals surface area contributed by atoms with E-state index in [0.29, 0.717) is 19.6 Å². The van der Waals surface area contributed by atoms with E-state index in [1.54, 1.807) is 4.90 Å². The molecule has 0 unspecified atom stereocenters. The predicted molar refractivity (Wildman–Crippen MR) is 62.5 cm³/mol. The summed E-state index contributed by atoms with van der Waals surface area (Å²) in [5.74, 6) is -0.107. The van der Waals surface area contributed by atoms with Gasteiger partial charge in [0.1, 0.15) is 12.9 Å². The average Bonchev–Trinajstić information content (AvgIpc) is 2.38. The second-order valence-corrected chi connectivity index (χ2v) is 4.03. The molecule has 0 aromatic heterocycles. The zero-order chi connectivity index (χ0) is 12.1. The van der Waals surface area contributed by atoms with Gasteiger partial charge < -0.3 is 14.4 Å². The number of aldehydes is 1. The monoisotopic (exact) mass is 233 g/mol. The molecule has 4 heteroatoms. The van der Waals surface area contributed by atoms with Crippen LogP contribution in [0.25, 0.3) is 0 Å². The highest BCUT2D eigenvalue weighted by atomic mass is 16.5. The van der Waals surface area contributed by atoms with E-state index in [0.717, 1.165) is 11.8 Å². The maximum Gasteiger partial charge on any atom is 0.249 e. The van der Waals surface area contributed by atoms with Crippen LogP contribution in [0.3, 0.4) is 0 Å². The third-order valence-corrected chi connectivity index (χ3v) is 2.87. The van der Waals surface area contributed by atoms with Crippen molar-refractivity contribution in [1.82, 2.24) is 4.90 Å². The standard InChI is InChI=1S/C13H15NO3/c15-9-12(8-11-4-2-1-3-5-11)14-6-7-17-10-13(14)16/h1-5,9,12H,6-8,10H2/t12-/m1/s1. The molecule has 1 fully saturated rings. The highest BCUT2D eigenvalue weighted by Gasteiger charge is 2.26. The van der Waals surface area contributed by atoms with Crippen molar-refractivity contribution in [3.63, 3.8) is 0 Å². The average molecular weight is 233 g/mol. The Bertz CT molecular complexity index is 391. The normalized spacial score (nSPS) is 17.9. The number of benzene rings is 1. The second kappa shape index (κ2) is 5.59. The van der Waals surface area contributed by atoms with Gasteiger partial charge in [-0.3, -0.25) is 4.79 Å². The highest BCUT2D eigenvalue weighted by Crippen LogP contribution is 2.10. The SMILES string of the molecule is O=C[C@@H](Cc1ccccc1)N1CCOCC1=O. The van der Waals surface area contributed by atoms with Crippen LogP contribution in [0.4, 0.5) is 0 Å². The third-order valence-electron chi connectivity index (χ3n) is 2.87. The molecule has 17 heavy (non-hydrogen) atoms. The summed E-state index contributed by atoms with van der Waals surface area (Å²) in [6.45, 7) is 1.08. The maximum absolute atomic E-state index is 11.6. The Labute approximate surface area is 100 Å². The fourth-order valence-electron chi connectivity index (χ4n) is 1.97. The molecule has 1 saturated heterocycles. The summed E-state index contributed by atoms with van der Waals surface area (Å²) in [6.07, 6.45) is 1.41. The molecule has 1 amide bonds. The molecule has 0 bridgehead atoms. The van der Waals surface area contributed by atoms with E-state index in [9.17, 15) is 9.59 Å². The van der Waals surface area contributed by atoms with Crippen molar-refractivity contribution in [3.05, 3.63) is 35.9 Å². The summed E-state index contributed by atoms with van der Waals surface area (Å²) in [7, 11) is 0. The Hall–Kier alpha value is -1.68. The summed E-state index contributed by atoms with van der Waals surface area (Å²) in [6, 6.07) is 9.33. The molecule has 1 heterocycles. The Morgan fingerprint density at radius 3 is 2.76 bits per heavy atom. The first-order chi connectivity index (χ1) is 8.31. The van der Waals surface area contributed by atoms with Crippen LogP contribution in [-0.2, 0) is 20.7 Å². The van der Waals surface area contributed by atoms with Gasteiger partial charge in [-0.1, -0.05) is 30.3 Å². The molecule has 0 spiro atoms. The number of hydrogen-bond donors (Lipinski definition) is 0. The van der Waals surface area contributed by atoms with Gasteiger partial charge in [-0.05, 0) is 12.0 Å². The molecule has 1 aromatic rings. The van der Waals surface area contributed by atoms with Crippen molar-refractivity contribution in [3.8, 4) is 0 Å². The molecule has 1 atom stereocenters. The van der Waals surface area contributed by atoms with Gasteiger partial charge in [-0.15, -0.1) is 0 Å². The Kier molecular flexibility index (Phi) is 3.88. The number of nitrogens with zero attached hydrogens (tertiary/aromatic N) is 1. The maximum atomic E-state index is 11.6. The summed E-state index contributed by atoms with van der Waals surface area (Å²) < 4.78 is 5.05. The molecule has 2 rings (SSSR count). The number of ether oxygens (including phenoxy) is 1. The molecule has 1 aliphatic heterocycles. The first-order valence-corrected chi connectivity index (χ1v) is 5.67. The molecule has 4 nitrogen and oxygen atoms in total. The van der Waals surface area contributed by atoms with Crippen LogP contribution in [-0.4, -0.2) is 42.9 Å². The summed E-state index contributed by atoms with van der Waals surface area (Å²) >= 11 is 0. The molecule has 1 aliphatic rings. The molecule has 1 aromatic carbocycles. The second-order valence-electron chi connectivity index (χ2n) is 4.03. The van der Waals surface area contributed by atoms with Gasteiger partial charge in [0.25, 0.3) is 0 Å². The molecular formula is C13H15NO3. The Morgan fingerprint density at radius 2 is 2.12 bits per heavy atom. The highest BCUT2D eigenvalue weighted by molar-refractivity contribution is 5.81. The number of carbonyl (C=O) groups is 2. The van der Waals surface area contributed by atoms with E-state index >= 15 is 0 Å². The van der Waals surface area contributed by atoms with Crippen molar-refractivity contribution in [2.24, 2.45) is 0 Å². The van der Waals surface area contributed by atoms with Gasteiger partial charge in [0.05, 0.1) is 12.6 Å². The zero-order valence-corrected chi connectivity index (χ0v) is 9.54. The lowest BCUT2D eigenvalue weighted by atomic mass is 10.1. The number of carbonyl (C=O) groups excluding carboxylic acids is 2. The smallest absolute Gasteiger partial charge is 0.249 e. The first kappa shape index (κ1) is 11.8. The van der Waals surface area contributed by atoms with E-state index in [4.69, 9.17) is 4.74 Å². The van der Waals surface area contributed by atoms with E-state index in [1.165, 1.54) is 0 Å². The van der Waals surface area contributed by atoms with Gasteiger partial charge in [0.15, 0.2) is 0 Å². The van der Waals surface area contributed by atoms with Crippen molar-refractivity contribution < 1.29 is 14.3 Å². The van der Waals surface area contributed by atoms with Crippen LogP contribution >= 0.6 is 0 Å². The van der Waals surface area contributed by atoms with E-state index in [2.05, 4.69) is 0 Å². The minimum atomic E-state index is -0.381. The van der Waals surface area contributed by atoms with Gasteiger partial charge in [-0.2, -0.15) is 0 Å². The molecule has 0 radical (unpaired) electrons. The first-order valence-electron chi connectivity index (χ1n) is 5.67. The van der Waals surface area contributed by atoms with Crippen LogP contribution in [0, 0.1) is 0 Å². The Morgan fingerprint density at radius 1 is 1.35 bits per heavy atom. The predicted octanol–water partition coefficient (Wildman–Crippen LogP) is 0.655. The lowest BCUT2D eigenvalue weighted by Gasteiger charge is -2.31. The van der Waals surface area contributed by atoms with Crippen LogP contribution in [0.5, 0.6) is 0 Å². The number of rotatable bonds is 4. The minimum absolute atomic E-state index is 0.0825. The van der Waals surface area contributed by atoms with Crippen LogP contribution in [0.1, 0.15) is 5.56 Å². The zero-order valence-electron chi connectivity index (χ0n) is 9.54. The topological polar surface area (TPSA) is 46.6 Å². The fourth-order valence-corrected chi connectivity index (χ4v) is 1.97. The molecule has 0 N–H and O–H groups in total. The Balaban J connectivity index is 2.05. The molecule has 0 saturated carbocycles. The summed E-state index contributed by atoms with van der Waals surface area (Å²) in [5, 5.41) is 0. The fraction of sp³-hybridized carbons (Fsp3) is 0.385. The van der Waals surface area contributed by atoms with E-state index < -0.39 is 0 Å². The molecule has 0 aliphatic carbocycles. The number of hydrogen-bond acceptors (Lipinski definition) is 3. The van der Waals surface area contributed by atoms with Crippen LogP contribution in [0.2, 0.25) is 0 Å². The molecular weight excluding hydrogens is 218 g/mol. The van der Waals surface area contributed by atoms with Gasteiger partial charge in [0.2, 0.25) is 5.91 Å².